The zero-order valence-electron chi connectivity index (χ0n) is 14.0. The third-order valence-corrected chi connectivity index (χ3v) is 3.54. The van der Waals surface area contributed by atoms with E-state index in [1.807, 2.05) is 16.7 Å². The molecule has 0 saturated carbocycles. The largest absolute Gasteiger partial charge is 0.484 e. The summed E-state index contributed by atoms with van der Waals surface area (Å²) in [6.45, 7) is -0.204. The number of carbonyl (C=O) groups is 4. The average Bonchev–Trinajstić information content (AvgIpc) is 2.64. The van der Waals surface area contributed by atoms with E-state index in [1.54, 1.807) is 48.5 Å². The molecule has 2 aromatic rings. The van der Waals surface area contributed by atoms with Gasteiger partial charge in [-0.25, -0.2) is 4.79 Å². The fourth-order valence-electron chi connectivity index (χ4n) is 2.33. The number of nitrogens with one attached hydrogen (secondary N) is 3. The zero-order valence-corrected chi connectivity index (χ0v) is 14.0. The van der Waals surface area contributed by atoms with E-state index in [0.29, 0.717) is 17.0 Å². The maximum Gasteiger partial charge on any atom is 0.328 e. The Balaban J connectivity index is 1.64. The van der Waals surface area contributed by atoms with Gasteiger partial charge in [0, 0.05) is 5.69 Å². The molecule has 27 heavy (non-hydrogen) atoms. The molecule has 1 aliphatic rings. The highest BCUT2D eigenvalue weighted by Crippen LogP contribution is 2.17. The van der Waals surface area contributed by atoms with Gasteiger partial charge in [0.05, 0.1) is 0 Å². The van der Waals surface area contributed by atoms with Crippen molar-refractivity contribution in [3.8, 4) is 5.75 Å². The van der Waals surface area contributed by atoms with Gasteiger partial charge in [-0.15, -0.1) is 0 Å². The van der Waals surface area contributed by atoms with Crippen LogP contribution in [0, 0.1) is 0 Å². The molecule has 0 unspecified atom stereocenters. The maximum absolute atomic E-state index is 11.9. The van der Waals surface area contributed by atoms with Crippen molar-refractivity contribution in [3.63, 3.8) is 0 Å². The summed E-state index contributed by atoms with van der Waals surface area (Å²) in [5, 5.41) is 6.69. The first-order valence-corrected chi connectivity index (χ1v) is 7.97. The Morgan fingerprint density at radius 1 is 0.963 bits per heavy atom. The number of benzene rings is 2. The van der Waals surface area contributed by atoms with Gasteiger partial charge in [0.15, 0.2) is 6.61 Å². The number of carbonyl (C=O) groups excluding carboxylic acids is 4. The maximum atomic E-state index is 11.9. The highest BCUT2D eigenvalue weighted by Gasteiger charge is 2.27. The van der Waals surface area contributed by atoms with E-state index in [-0.39, 0.29) is 18.1 Å². The molecule has 0 bridgehead atoms. The van der Waals surface area contributed by atoms with Gasteiger partial charge in [0.2, 0.25) is 0 Å². The van der Waals surface area contributed by atoms with Crippen LogP contribution >= 0.6 is 0 Å². The normalized spacial score (nSPS) is 13.5. The number of para-hydroxylation sites is 1. The smallest absolute Gasteiger partial charge is 0.328 e. The van der Waals surface area contributed by atoms with Crippen molar-refractivity contribution in [1.29, 1.82) is 0 Å². The Bertz CT molecular complexity index is 915. The molecule has 2 aromatic carbocycles. The number of anilines is 1. The van der Waals surface area contributed by atoms with Crippen LogP contribution in [0.15, 0.2) is 60.2 Å². The molecule has 3 N–H and O–H groups in total. The van der Waals surface area contributed by atoms with Crippen molar-refractivity contribution in [2.75, 3.05) is 11.9 Å². The Morgan fingerprint density at radius 3 is 2.37 bits per heavy atom. The lowest BCUT2D eigenvalue weighted by Gasteiger charge is -2.14. The number of amides is 5. The van der Waals surface area contributed by atoms with Gasteiger partial charge in [-0.05, 0) is 35.9 Å². The van der Waals surface area contributed by atoms with Crippen LogP contribution in [0.25, 0.3) is 6.08 Å². The predicted molar refractivity (Wildman–Crippen MR) is 96.7 cm³/mol. The highest BCUT2D eigenvalue weighted by molar-refractivity contribution is 6.31. The molecule has 8 nitrogen and oxygen atoms in total. The summed E-state index contributed by atoms with van der Waals surface area (Å²) in [7, 11) is 0. The van der Waals surface area contributed by atoms with Gasteiger partial charge in [0.25, 0.3) is 17.7 Å². The van der Waals surface area contributed by atoms with Gasteiger partial charge in [0.1, 0.15) is 11.3 Å². The number of urea groups is 1. The number of ether oxygens (including phenoxy) is 1. The standard InChI is InChI=1S/C19H15N3O5/c23-16(20-13-6-2-1-3-7-13)11-27-14-8-4-5-12(9-14)10-15-17(24)21-19(26)22-18(15)25/h1-10H,11H2,(H,20,23)(H2,21,22,24,25,26). The van der Waals surface area contributed by atoms with Crippen LogP contribution in [0.2, 0.25) is 0 Å². The van der Waals surface area contributed by atoms with Crippen molar-refractivity contribution in [2.45, 2.75) is 0 Å². The molecule has 0 aromatic heterocycles. The lowest BCUT2D eigenvalue weighted by atomic mass is 10.1. The van der Waals surface area contributed by atoms with Gasteiger partial charge in [-0.2, -0.15) is 0 Å². The van der Waals surface area contributed by atoms with Crippen molar-refractivity contribution in [2.24, 2.45) is 0 Å². The molecule has 0 aliphatic carbocycles. The molecule has 1 heterocycles. The van der Waals surface area contributed by atoms with Crippen molar-refractivity contribution in [1.82, 2.24) is 10.6 Å². The van der Waals surface area contributed by atoms with Gasteiger partial charge >= 0.3 is 6.03 Å². The number of barbiturate groups is 1. The van der Waals surface area contributed by atoms with Crippen molar-refractivity contribution < 1.29 is 23.9 Å². The van der Waals surface area contributed by atoms with E-state index in [4.69, 9.17) is 4.74 Å². The van der Waals surface area contributed by atoms with E-state index in [2.05, 4.69) is 5.32 Å². The van der Waals surface area contributed by atoms with Gasteiger partial charge in [-0.1, -0.05) is 30.3 Å². The van der Waals surface area contributed by atoms with Gasteiger partial charge in [-0.3, -0.25) is 25.0 Å². The first-order valence-electron chi connectivity index (χ1n) is 7.97. The van der Waals surface area contributed by atoms with Crippen LogP contribution in [0.1, 0.15) is 5.56 Å². The van der Waals surface area contributed by atoms with E-state index in [0.717, 1.165) is 0 Å². The summed E-state index contributed by atoms with van der Waals surface area (Å²) in [6, 6.07) is 14.6. The van der Waals surface area contributed by atoms with E-state index in [9.17, 15) is 19.2 Å². The average molecular weight is 365 g/mol. The van der Waals surface area contributed by atoms with Crippen molar-refractivity contribution >= 4 is 35.5 Å². The van der Waals surface area contributed by atoms with Crippen LogP contribution < -0.4 is 20.7 Å². The second-order valence-corrected chi connectivity index (χ2v) is 5.57. The summed E-state index contributed by atoms with van der Waals surface area (Å²) in [4.78, 5) is 46.5. The molecule has 0 spiro atoms. The lowest BCUT2D eigenvalue weighted by molar-refractivity contribution is -0.124. The quantitative estimate of drug-likeness (QED) is 0.548. The van der Waals surface area contributed by atoms with Crippen LogP contribution in [0.4, 0.5) is 10.5 Å². The van der Waals surface area contributed by atoms with Crippen LogP contribution in [-0.2, 0) is 14.4 Å². The Morgan fingerprint density at radius 2 is 1.67 bits per heavy atom. The summed E-state index contributed by atoms with van der Waals surface area (Å²) in [6.07, 6.45) is 1.33. The Hall–Kier alpha value is -3.94. The number of hydrogen-bond acceptors (Lipinski definition) is 5. The van der Waals surface area contributed by atoms with E-state index in [1.165, 1.54) is 6.08 Å². The first kappa shape index (κ1) is 17.9. The predicted octanol–water partition coefficient (Wildman–Crippen LogP) is 1.45. The third kappa shape index (κ3) is 4.79. The fourth-order valence-corrected chi connectivity index (χ4v) is 2.33. The van der Waals surface area contributed by atoms with Crippen LogP contribution in [-0.4, -0.2) is 30.4 Å². The topological polar surface area (TPSA) is 114 Å². The molecule has 1 fully saturated rings. The molecule has 5 amide bonds. The Kier molecular flexibility index (Phi) is 5.27. The molecule has 8 heteroatoms. The molecular weight excluding hydrogens is 350 g/mol. The summed E-state index contributed by atoms with van der Waals surface area (Å²) < 4.78 is 5.44. The molecule has 1 aliphatic heterocycles. The second kappa shape index (κ2) is 7.96. The summed E-state index contributed by atoms with van der Waals surface area (Å²) in [5.41, 5.74) is 0.965. The molecule has 136 valence electrons. The minimum absolute atomic E-state index is 0.200. The molecule has 0 radical (unpaired) electrons. The SMILES string of the molecule is O=C(COc1cccc(C=C2C(=O)NC(=O)NC2=O)c1)Nc1ccccc1. The number of imide groups is 2. The minimum Gasteiger partial charge on any atom is -0.484 e. The summed E-state index contributed by atoms with van der Waals surface area (Å²) >= 11 is 0. The third-order valence-electron chi connectivity index (χ3n) is 3.54. The Labute approximate surface area is 154 Å². The molecule has 0 atom stereocenters. The molecular formula is C19H15N3O5. The highest BCUT2D eigenvalue weighted by atomic mass is 16.5. The second-order valence-electron chi connectivity index (χ2n) is 5.57. The van der Waals surface area contributed by atoms with Gasteiger partial charge < -0.3 is 10.1 Å². The lowest BCUT2D eigenvalue weighted by Crippen LogP contribution is -2.51. The monoisotopic (exact) mass is 365 g/mol. The van der Waals surface area contributed by atoms with E-state index >= 15 is 0 Å². The number of hydrogen-bond donors (Lipinski definition) is 3. The summed E-state index contributed by atoms with van der Waals surface area (Å²) in [5.74, 6) is -1.50. The fraction of sp³-hybridized carbons (Fsp3) is 0.0526. The van der Waals surface area contributed by atoms with Crippen LogP contribution in [0.3, 0.4) is 0 Å². The molecule has 3 rings (SSSR count). The van der Waals surface area contributed by atoms with E-state index < -0.39 is 17.8 Å². The first-order chi connectivity index (χ1) is 13.0. The minimum atomic E-state index is -0.858. The number of rotatable bonds is 5. The van der Waals surface area contributed by atoms with Crippen LogP contribution in [0.5, 0.6) is 5.75 Å². The van der Waals surface area contributed by atoms with Crippen molar-refractivity contribution in [3.05, 3.63) is 65.7 Å². The molecule has 1 saturated heterocycles. The zero-order chi connectivity index (χ0) is 19.2.